The standard InChI is InChI=1S/C16H19NO/c1-12-11-17(15-7-3-2-6-14(12)15)10-9-13-5-4-8-16(13)18/h2-3,6-7,11,13H,4-5,8-10H2,1H3. The summed E-state index contributed by atoms with van der Waals surface area (Å²) in [6, 6.07) is 8.50. The van der Waals surface area contributed by atoms with Gasteiger partial charge >= 0.3 is 0 Å². The molecule has 1 atom stereocenters. The Bertz CT molecular complexity index is 582. The number of hydrogen-bond donors (Lipinski definition) is 0. The van der Waals surface area contributed by atoms with E-state index in [1.54, 1.807) is 0 Å². The predicted molar refractivity (Wildman–Crippen MR) is 73.6 cm³/mol. The molecule has 0 spiro atoms. The normalized spacial score (nSPS) is 19.8. The molecule has 0 radical (unpaired) electrons. The van der Waals surface area contributed by atoms with E-state index in [-0.39, 0.29) is 0 Å². The van der Waals surface area contributed by atoms with Crippen LogP contribution in [0.4, 0.5) is 0 Å². The Hall–Kier alpha value is -1.57. The number of nitrogens with zero attached hydrogens (tertiary/aromatic N) is 1. The van der Waals surface area contributed by atoms with Crippen molar-refractivity contribution < 1.29 is 4.79 Å². The number of rotatable bonds is 3. The molecule has 0 aliphatic heterocycles. The lowest BCUT2D eigenvalue weighted by atomic mass is 10.0. The summed E-state index contributed by atoms with van der Waals surface area (Å²) in [6.07, 6.45) is 6.20. The van der Waals surface area contributed by atoms with Gasteiger partial charge < -0.3 is 4.57 Å². The first-order valence-corrected chi connectivity index (χ1v) is 6.83. The van der Waals surface area contributed by atoms with Gasteiger partial charge in [0.1, 0.15) is 5.78 Å². The van der Waals surface area contributed by atoms with Gasteiger partial charge in [0.05, 0.1) is 0 Å². The smallest absolute Gasteiger partial charge is 0.136 e. The molecule has 2 nitrogen and oxygen atoms in total. The molecule has 2 aromatic rings. The highest BCUT2D eigenvalue weighted by atomic mass is 16.1. The molecular formula is C16H19NO. The summed E-state index contributed by atoms with van der Waals surface area (Å²) in [5, 5.41) is 1.33. The van der Waals surface area contributed by atoms with E-state index in [0.29, 0.717) is 11.7 Å². The lowest BCUT2D eigenvalue weighted by Crippen LogP contribution is -2.09. The number of ketones is 1. The first kappa shape index (κ1) is 11.5. The van der Waals surface area contributed by atoms with Crippen molar-refractivity contribution in [3.8, 4) is 0 Å². The zero-order chi connectivity index (χ0) is 12.5. The Morgan fingerprint density at radius 1 is 1.33 bits per heavy atom. The summed E-state index contributed by atoms with van der Waals surface area (Å²) in [4.78, 5) is 11.7. The van der Waals surface area contributed by atoms with Gasteiger partial charge in [0, 0.05) is 36.0 Å². The number of aromatic nitrogens is 1. The summed E-state index contributed by atoms with van der Waals surface area (Å²) in [7, 11) is 0. The maximum atomic E-state index is 11.7. The second-order valence-electron chi connectivity index (χ2n) is 5.37. The number of aryl methyl sites for hydroxylation is 2. The fourth-order valence-corrected chi connectivity index (χ4v) is 3.10. The minimum Gasteiger partial charge on any atom is -0.347 e. The van der Waals surface area contributed by atoms with E-state index in [4.69, 9.17) is 0 Å². The molecule has 1 aliphatic rings. The van der Waals surface area contributed by atoms with Crippen LogP contribution in [0.15, 0.2) is 30.5 Å². The van der Waals surface area contributed by atoms with Crippen molar-refractivity contribution in [3.05, 3.63) is 36.0 Å². The van der Waals surface area contributed by atoms with Crippen LogP contribution in [0, 0.1) is 12.8 Å². The van der Waals surface area contributed by atoms with Gasteiger partial charge in [0.15, 0.2) is 0 Å². The predicted octanol–water partition coefficient (Wildman–Crippen LogP) is 3.71. The highest BCUT2D eigenvalue weighted by Crippen LogP contribution is 2.26. The summed E-state index contributed by atoms with van der Waals surface area (Å²) < 4.78 is 2.30. The van der Waals surface area contributed by atoms with E-state index in [0.717, 1.165) is 32.2 Å². The van der Waals surface area contributed by atoms with Crippen molar-refractivity contribution in [1.29, 1.82) is 0 Å². The van der Waals surface area contributed by atoms with E-state index < -0.39 is 0 Å². The maximum absolute atomic E-state index is 11.7. The van der Waals surface area contributed by atoms with Crippen LogP contribution in [0.25, 0.3) is 10.9 Å². The van der Waals surface area contributed by atoms with Crippen molar-refractivity contribution in [2.24, 2.45) is 5.92 Å². The van der Waals surface area contributed by atoms with Crippen LogP contribution < -0.4 is 0 Å². The molecule has 1 unspecified atom stereocenters. The number of carbonyl (C=O) groups excluding carboxylic acids is 1. The zero-order valence-corrected chi connectivity index (χ0v) is 10.9. The molecule has 0 saturated heterocycles. The average molecular weight is 241 g/mol. The molecule has 0 N–H and O–H groups in total. The molecule has 1 aromatic heterocycles. The van der Waals surface area contributed by atoms with Gasteiger partial charge in [0.25, 0.3) is 0 Å². The third kappa shape index (κ3) is 1.96. The summed E-state index contributed by atoms with van der Waals surface area (Å²) >= 11 is 0. The minimum absolute atomic E-state index is 0.312. The molecule has 1 aliphatic carbocycles. The van der Waals surface area contributed by atoms with Crippen LogP contribution in [0.2, 0.25) is 0 Å². The van der Waals surface area contributed by atoms with Crippen molar-refractivity contribution >= 4 is 16.7 Å². The number of para-hydroxylation sites is 1. The number of benzene rings is 1. The summed E-state index contributed by atoms with van der Waals surface area (Å²) in [6.45, 7) is 3.12. The van der Waals surface area contributed by atoms with Crippen LogP contribution >= 0.6 is 0 Å². The Kier molecular flexibility index (Phi) is 2.94. The molecule has 0 amide bonds. The molecule has 1 aromatic carbocycles. The Morgan fingerprint density at radius 2 is 2.17 bits per heavy atom. The third-order valence-corrected chi connectivity index (χ3v) is 4.14. The molecule has 18 heavy (non-hydrogen) atoms. The zero-order valence-electron chi connectivity index (χ0n) is 10.9. The van der Waals surface area contributed by atoms with E-state index >= 15 is 0 Å². The van der Waals surface area contributed by atoms with E-state index in [1.165, 1.54) is 16.5 Å². The molecule has 2 heteroatoms. The number of carbonyl (C=O) groups is 1. The van der Waals surface area contributed by atoms with E-state index in [2.05, 4.69) is 42.0 Å². The van der Waals surface area contributed by atoms with Crippen LogP contribution in [-0.2, 0) is 11.3 Å². The monoisotopic (exact) mass is 241 g/mol. The fourth-order valence-electron chi connectivity index (χ4n) is 3.10. The minimum atomic E-state index is 0.312. The Balaban J connectivity index is 1.80. The fraction of sp³-hybridized carbons (Fsp3) is 0.438. The lowest BCUT2D eigenvalue weighted by Gasteiger charge is -2.09. The topological polar surface area (TPSA) is 22.0 Å². The van der Waals surface area contributed by atoms with Crippen LogP contribution in [0.3, 0.4) is 0 Å². The molecule has 3 rings (SSSR count). The second kappa shape index (κ2) is 4.60. The molecule has 0 bridgehead atoms. The molecule has 1 heterocycles. The summed E-state index contributed by atoms with van der Waals surface area (Å²) in [5.41, 5.74) is 2.61. The van der Waals surface area contributed by atoms with Gasteiger partial charge in [-0.2, -0.15) is 0 Å². The SMILES string of the molecule is Cc1cn(CCC2CCCC2=O)c2ccccc12. The van der Waals surface area contributed by atoms with E-state index in [1.807, 2.05) is 0 Å². The Labute approximate surface area is 108 Å². The maximum Gasteiger partial charge on any atom is 0.136 e. The van der Waals surface area contributed by atoms with E-state index in [9.17, 15) is 4.79 Å². The van der Waals surface area contributed by atoms with Crippen LogP contribution in [-0.4, -0.2) is 10.4 Å². The van der Waals surface area contributed by atoms with Crippen LogP contribution in [0.5, 0.6) is 0 Å². The third-order valence-electron chi connectivity index (χ3n) is 4.14. The molecule has 1 saturated carbocycles. The van der Waals surface area contributed by atoms with Gasteiger partial charge in [0.2, 0.25) is 0 Å². The van der Waals surface area contributed by atoms with Crippen molar-refractivity contribution in [2.75, 3.05) is 0 Å². The summed E-state index contributed by atoms with van der Waals surface area (Å²) in [5.74, 6) is 0.787. The highest BCUT2D eigenvalue weighted by molar-refractivity contribution is 5.84. The van der Waals surface area contributed by atoms with Crippen LogP contribution in [0.1, 0.15) is 31.2 Å². The largest absolute Gasteiger partial charge is 0.347 e. The highest BCUT2D eigenvalue weighted by Gasteiger charge is 2.23. The first-order chi connectivity index (χ1) is 8.75. The molecule has 1 fully saturated rings. The Morgan fingerprint density at radius 3 is 2.94 bits per heavy atom. The van der Waals surface area contributed by atoms with Crippen molar-refractivity contribution in [2.45, 2.75) is 39.2 Å². The molecule has 94 valence electrons. The van der Waals surface area contributed by atoms with Crippen molar-refractivity contribution in [1.82, 2.24) is 4.57 Å². The second-order valence-corrected chi connectivity index (χ2v) is 5.37. The van der Waals surface area contributed by atoms with Gasteiger partial charge in [-0.25, -0.2) is 0 Å². The quantitative estimate of drug-likeness (QED) is 0.803. The first-order valence-electron chi connectivity index (χ1n) is 6.83. The average Bonchev–Trinajstić information content (AvgIpc) is 2.92. The van der Waals surface area contributed by atoms with Gasteiger partial charge in [-0.3, -0.25) is 4.79 Å². The number of Topliss-reactive ketones (excluding diaryl/α,β-unsaturated/α-hetero) is 1. The molecular weight excluding hydrogens is 222 g/mol. The number of fused-ring (bicyclic) bond motifs is 1. The van der Waals surface area contributed by atoms with Crippen molar-refractivity contribution in [3.63, 3.8) is 0 Å². The van der Waals surface area contributed by atoms with Gasteiger partial charge in [-0.05, 0) is 37.8 Å². The van der Waals surface area contributed by atoms with Gasteiger partial charge in [-0.1, -0.05) is 18.2 Å². The van der Waals surface area contributed by atoms with Gasteiger partial charge in [-0.15, -0.1) is 0 Å². The lowest BCUT2D eigenvalue weighted by molar-refractivity contribution is -0.120. The number of hydrogen-bond acceptors (Lipinski definition) is 1.